The third-order valence-corrected chi connectivity index (χ3v) is 11.7. The van der Waals surface area contributed by atoms with E-state index in [-0.39, 0.29) is 16.9 Å². The van der Waals surface area contributed by atoms with Gasteiger partial charge in [0.1, 0.15) is 0 Å². The van der Waals surface area contributed by atoms with Gasteiger partial charge in [0, 0.05) is 0 Å². The van der Waals surface area contributed by atoms with Crippen molar-refractivity contribution in [1.82, 2.24) is 0 Å². The quantitative estimate of drug-likeness (QED) is 0.479. The summed E-state index contributed by atoms with van der Waals surface area (Å²) in [6.45, 7) is 16.7. The molecule has 178 valence electrons. The number of hydrogen-bond acceptors (Lipinski definition) is 2. The van der Waals surface area contributed by atoms with Crippen LogP contribution in [-0.4, -0.2) is 21.9 Å². The van der Waals surface area contributed by atoms with Gasteiger partial charge < -0.3 is 10.2 Å². The number of hydrogen-bond donors (Lipinski definition) is 2. The van der Waals surface area contributed by atoms with E-state index in [9.17, 15) is 10.2 Å². The van der Waals surface area contributed by atoms with Crippen LogP contribution in [0.2, 0.25) is 0 Å². The second-order valence-corrected chi connectivity index (χ2v) is 13.3. The Bertz CT molecular complexity index is 684. The summed E-state index contributed by atoms with van der Waals surface area (Å²) in [4.78, 5) is 0. The smallest absolute Gasteiger partial charge is 0.0714 e. The summed E-state index contributed by atoms with van der Waals surface area (Å²) in [5.74, 6) is 4.41. The van der Waals surface area contributed by atoms with Crippen LogP contribution in [0.4, 0.5) is 0 Å². The van der Waals surface area contributed by atoms with Crippen molar-refractivity contribution in [3.8, 4) is 0 Å². The monoisotopic (exact) mass is 430 g/mol. The Hall–Kier alpha value is -0.340. The average Bonchev–Trinajstić information content (AvgIpc) is 3.07. The van der Waals surface area contributed by atoms with E-state index in [1.54, 1.807) is 0 Å². The van der Waals surface area contributed by atoms with Gasteiger partial charge in [0.25, 0.3) is 0 Å². The van der Waals surface area contributed by atoms with Crippen LogP contribution in [0.15, 0.2) is 12.2 Å². The predicted molar refractivity (Wildman–Crippen MR) is 130 cm³/mol. The Morgan fingerprint density at radius 1 is 0.806 bits per heavy atom. The molecule has 31 heavy (non-hydrogen) atoms. The lowest BCUT2D eigenvalue weighted by Crippen LogP contribution is -2.65. The van der Waals surface area contributed by atoms with E-state index < -0.39 is 5.60 Å². The fraction of sp³-hybridized carbons (Fsp3) is 0.931. The molecule has 0 saturated heterocycles. The van der Waals surface area contributed by atoms with Crippen LogP contribution in [0.25, 0.3) is 0 Å². The highest BCUT2D eigenvalue weighted by Crippen LogP contribution is 2.70. The fourth-order valence-corrected chi connectivity index (χ4v) is 9.40. The molecule has 11 atom stereocenters. The molecule has 4 aliphatic carbocycles. The van der Waals surface area contributed by atoms with Gasteiger partial charge in [-0.3, -0.25) is 0 Å². The van der Waals surface area contributed by atoms with Gasteiger partial charge in [-0.25, -0.2) is 0 Å². The van der Waals surface area contributed by atoms with Crippen LogP contribution >= 0.6 is 0 Å². The highest BCUT2D eigenvalue weighted by molar-refractivity contribution is 5.17. The molecule has 4 rings (SSSR count). The maximum Gasteiger partial charge on any atom is 0.0714 e. The summed E-state index contributed by atoms with van der Waals surface area (Å²) in [6.07, 6.45) is 13.8. The van der Waals surface area contributed by atoms with Gasteiger partial charge in [0.15, 0.2) is 0 Å². The predicted octanol–water partition coefficient (Wildman–Crippen LogP) is 6.85. The lowest BCUT2D eigenvalue weighted by atomic mass is 9.41. The number of fused-ring (bicyclic) bond motifs is 5. The molecule has 0 spiro atoms. The molecule has 2 nitrogen and oxygen atoms in total. The normalized spacial score (nSPS) is 51.9. The average molecular weight is 431 g/mol. The summed E-state index contributed by atoms with van der Waals surface area (Å²) in [6, 6.07) is 0. The van der Waals surface area contributed by atoms with E-state index in [1.165, 1.54) is 25.7 Å². The Morgan fingerprint density at radius 2 is 1.45 bits per heavy atom. The van der Waals surface area contributed by atoms with E-state index in [1.807, 2.05) is 0 Å². The number of aliphatic hydroxyl groups excluding tert-OH is 1. The third-order valence-electron chi connectivity index (χ3n) is 11.7. The highest BCUT2D eigenvalue weighted by atomic mass is 16.3. The molecule has 0 aromatic rings. The third kappa shape index (κ3) is 3.58. The second-order valence-electron chi connectivity index (χ2n) is 13.3. The highest BCUT2D eigenvalue weighted by Gasteiger charge is 2.67. The molecule has 0 unspecified atom stereocenters. The minimum absolute atomic E-state index is 0.144. The minimum Gasteiger partial charge on any atom is -0.393 e. The van der Waals surface area contributed by atoms with E-state index in [0.29, 0.717) is 47.3 Å². The molecule has 0 aliphatic heterocycles. The standard InChI is InChI=1S/C29H50O2/c1-18(2)19(3)8-9-20(4)22-10-11-25-27(22,6)16-14-26-28(7)15-13-24(30)21(5)23(28)12-17-29(25,26)31/h8-9,18-26,30-31H,10-17H2,1-7H3/b9-8+/t19-,20+,21-,22+,23-,24-,25+,26+,27+,28-,29+/m0/s1. The first-order chi connectivity index (χ1) is 14.4. The fourth-order valence-electron chi connectivity index (χ4n) is 9.40. The van der Waals surface area contributed by atoms with Crippen LogP contribution in [0, 0.1) is 58.2 Å². The van der Waals surface area contributed by atoms with Crippen molar-refractivity contribution in [1.29, 1.82) is 0 Å². The van der Waals surface area contributed by atoms with Gasteiger partial charge in [-0.15, -0.1) is 0 Å². The minimum atomic E-state index is -0.496. The molecule has 0 heterocycles. The zero-order chi connectivity index (χ0) is 22.8. The largest absolute Gasteiger partial charge is 0.393 e. The zero-order valence-electron chi connectivity index (χ0n) is 21.4. The Kier molecular flexibility index (Phi) is 6.26. The summed E-state index contributed by atoms with van der Waals surface area (Å²) in [5, 5.41) is 22.9. The van der Waals surface area contributed by atoms with E-state index in [2.05, 4.69) is 60.6 Å². The Labute approximate surface area is 192 Å². The molecule has 0 aromatic heterocycles. The molecule has 0 amide bonds. The topological polar surface area (TPSA) is 40.5 Å². The SMILES string of the molecule is CC(C)[C@@H](C)/C=C/[C@@H](C)[C@H]1CC[C@@H]2[C@]1(C)CC[C@@H]1[C@@]3(C)CC[C@H](O)[C@@H](C)[C@@H]3CC[C@@]21O. The van der Waals surface area contributed by atoms with Crippen LogP contribution in [-0.2, 0) is 0 Å². The Morgan fingerprint density at radius 3 is 2.13 bits per heavy atom. The van der Waals surface area contributed by atoms with Gasteiger partial charge in [-0.05, 0) is 110 Å². The van der Waals surface area contributed by atoms with Gasteiger partial charge >= 0.3 is 0 Å². The second kappa shape index (κ2) is 8.15. The summed E-state index contributed by atoms with van der Waals surface area (Å²) in [5.41, 5.74) is -0.0357. The lowest BCUT2D eigenvalue weighted by molar-refractivity contribution is -0.235. The van der Waals surface area contributed by atoms with E-state index >= 15 is 0 Å². The maximum atomic E-state index is 12.4. The van der Waals surface area contributed by atoms with Crippen LogP contribution in [0.5, 0.6) is 0 Å². The molecule has 4 aliphatic rings. The molecule has 4 fully saturated rings. The molecule has 0 aromatic carbocycles. The molecule has 0 bridgehead atoms. The number of allylic oxidation sites excluding steroid dienone is 2. The van der Waals surface area contributed by atoms with Crippen LogP contribution < -0.4 is 0 Å². The molecule has 2 N–H and O–H groups in total. The van der Waals surface area contributed by atoms with Crippen molar-refractivity contribution in [2.75, 3.05) is 0 Å². The maximum absolute atomic E-state index is 12.4. The molecular formula is C29H50O2. The summed E-state index contributed by atoms with van der Waals surface area (Å²) < 4.78 is 0. The first-order valence-corrected chi connectivity index (χ1v) is 13.5. The van der Waals surface area contributed by atoms with Crippen molar-refractivity contribution in [3.05, 3.63) is 12.2 Å². The van der Waals surface area contributed by atoms with E-state index in [0.717, 1.165) is 25.7 Å². The number of rotatable bonds is 4. The first kappa shape index (κ1) is 23.8. The zero-order valence-corrected chi connectivity index (χ0v) is 21.4. The van der Waals surface area contributed by atoms with Gasteiger partial charge in [0.05, 0.1) is 11.7 Å². The Balaban J connectivity index is 1.57. The summed E-state index contributed by atoms with van der Waals surface area (Å²) >= 11 is 0. The van der Waals surface area contributed by atoms with Gasteiger partial charge in [0.2, 0.25) is 0 Å². The molecule has 0 radical (unpaired) electrons. The van der Waals surface area contributed by atoms with Crippen molar-refractivity contribution in [2.45, 2.75) is 112 Å². The van der Waals surface area contributed by atoms with Crippen molar-refractivity contribution in [3.63, 3.8) is 0 Å². The van der Waals surface area contributed by atoms with Crippen molar-refractivity contribution >= 4 is 0 Å². The van der Waals surface area contributed by atoms with Gasteiger partial charge in [-0.1, -0.05) is 60.6 Å². The number of aliphatic hydroxyl groups is 2. The summed E-state index contributed by atoms with van der Waals surface area (Å²) in [7, 11) is 0. The van der Waals surface area contributed by atoms with Crippen molar-refractivity contribution in [2.24, 2.45) is 58.2 Å². The van der Waals surface area contributed by atoms with Crippen LogP contribution in [0.1, 0.15) is 99.8 Å². The molecule has 4 saturated carbocycles. The lowest BCUT2D eigenvalue weighted by Gasteiger charge is -2.65. The molecule has 2 heteroatoms. The van der Waals surface area contributed by atoms with Crippen LogP contribution in [0.3, 0.4) is 0 Å². The van der Waals surface area contributed by atoms with E-state index in [4.69, 9.17) is 0 Å². The van der Waals surface area contributed by atoms with Gasteiger partial charge in [-0.2, -0.15) is 0 Å². The molecular weight excluding hydrogens is 380 g/mol. The van der Waals surface area contributed by atoms with Crippen molar-refractivity contribution < 1.29 is 10.2 Å². The first-order valence-electron chi connectivity index (χ1n) is 13.5.